The van der Waals surface area contributed by atoms with E-state index in [0.29, 0.717) is 6.42 Å². The molecule has 2 heteroatoms. The van der Waals surface area contributed by atoms with E-state index in [4.69, 9.17) is 5.11 Å². The smallest absolute Gasteiger partial charge is 0.303 e. The van der Waals surface area contributed by atoms with E-state index in [1.165, 1.54) is 38.5 Å². The summed E-state index contributed by atoms with van der Waals surface area (Å²) in [5.74, 6) is -0.675. The highest BCUT2D eigenvalue weighted by molar-refractivity contribution is 5.66. The van der Waals surface area contributed by atoms with Gasteiger partial charge in [-0.25, -0.2) is 0 Å². The predicted molar refractivity (Wildman–Crippen MR) is 96.1 cm³/mol. The molecule has 126 valence electrons. The summed E-state index contributed by atoms with van der Waals surface area (Å²) in [6.07, 6.45) is 26.2. The van der Waals surface area contributed by atoms with Gasteiger partial charge in [-0.05, 0) is 38.5 Å². The number of hydrogen-bond donors (Lipinski definition) is 1. The fourth-order valence-corrected chi connectivity index (χ4v) is 2.21. The average Bonchev–Trinajstić information content (AvgIpc) is 2.50. The zero-order valence-electron chi connectivity index (χ0n) is 14.3. The zero-order chi connectivity index (χ0) is 16.3. The molecular formula is C20H34O2. The predicted octanol–water partition coefficient (Wildman–Crippen LogP) is 6.44. The van der Waals surface area contributed by atoms with E-state index < -0.39 is 5.97 Å². The molecule has 0 rings (SSSR count). The third kappa shape index (κ3) is 18.7. The summed E-state index contributed by atoms with van der Waals surface area (Å²) >= 11 is 0. The van der Waals surface area contributed by atoms with Crippen molar-refractivity contribution in [2.45, 2.75) is 84.0 Å². The Bertz CT molecular complexity index is 327. The highest BCUT2D eigenvalue weighted by Gasteiger charge is 1.95. The number of rotatable bonds is 15. The Kier molecular flexibility index (Phi) is 16.7. The van der Waals surface area contributed by atoms with E-state index in [2.05, 4.69) is 43.4 Å². The largest absolute Gasteiger partial charge is 0.481 e. The normalized spacial score (nSPS) is 12.0. The molecule has 0 saturated heterocycles. The second-order valence-corrected chi connectivity index (χ2v) is 5.76. The number of allylic oxidation sites excluding steroid dienone is 6. The summed E-state index contributed by atoms with van der Waals surface area (Å²) < 4.78 is 0. The van der Waals surface area contributed by atoms with Crippen molar-refractivity contribution in [1.29, 1.82) is 0 Å². The van der Waals surface area contributed by atoms with Gasteiger partial charge in [0.05, 0.1) is 0 Å². The highest BCUT2D eigenvalue weighted by Crippen LogP contribution is 2.07. The summed E-state index contributed by atoms with van der Waals surface area (Å²) in [5.41, 5.74) is 0. The van der Waals surface area contributed by atoms with Gasteiger partial charge >= 0.3 is 5.97 Å². The average molecular weight is 306 g/mol. The third-order valence-corrected chi connectivity index (χ3v) is 3.56. The second-order valence-electron chi connectivity index (χ2n) is 5.76. The lowest BCUT2D eigenvalue weighted by molar-refractivity contribution is -0.137. The Balaban J connectivity index is 3.29. The van der Waals surface area contributed by atoms with E-state index in [0.717, 1.165) is 32.1 Å². The fraction of sp³-hybridized carbons (Fsp3) is 0.650. The summed E-state index contributed by atoms with van der Waals surface area (Å²) in [5, 5.41) is 8.52. The van der Waals surface area contributed by atoms with Crippen LogP contribution in [0.4, 0.5) is 0 Å². The van der Waals surface area contributed by atoms with E-state index >= 15 is 0 Å². The molecule has 0 saturated carbocycles. The SMILES string of the molecule is CCCCCC=CCC=CC=CCCCCCCCC(=O)O. The van der Waals surface area contributed by atoms with Gasteiger partial charge in [-0.2, -0.15) is 0 Å². The van der Waals surface area contributed by atoms with Crippen molar-refractivity contribution in [1.82, 2.24) is 0 Å². The number of hydrogen-bond acceptors (Lipinski definition) is 1. The molecule has 0 atom stereocenters. The monoisotopic (exact) mass is 306 g/mol. The molecule has 0 fully saturated rings. The minimum atomic E-state index is -0.675. The molecule has 0 heterocycles. The first-order valence-electron chi connectivity index (χ1n) is 8.95. The lowest BCUT2D eigenvalue weighted by Crippen LogP contribution is -1.93. The molecule has 2 nitrogen and oxygen atoms in total. The summed E-state index contributed by atoms with van der Waals surface area (Å²) in [6, 6.07) is 0. The van der Waals surface area contributed by atoms with Crippen molar-refractivity contribution in [3.05, 3.63) is 36.5 Å². The molecule has 0 aromatic rings. The molecule has 0 unspecified atom stereocenters. The zero-order valence-corrected chi connectivity index (χ0v) is 14.3. The maximum Gasteiger partial charge on any atom is 0.303 e. The molecule has 0 radical (unpaired) electrons. The van der Waals surface area contributed by atoms with Gasteiger partial charge in [0.25, 0.3) is 0 Å². The van der Waals surface area contributed by atoms with Gasteiger partial charge in [-0.1, -0.05) is 75.5 Å². The standard InChI is InChI=1S/C20H34O2/c1-2-3-4-5-6-7-8-9-10-11-12-13-14-15-16-17-18-19-20(21)22/h6-7,9-12H,2-5,8,13-19H2,1H3,(H,21,22). The fourth-order valence-electron chi connectivity index (χ4n) is 2.21. The van der Waals surface area contributed by atoms with E-state index in [1.807, 2.05) is 0 Å². The van der Waals surface area contributed by atoms with Crippen LogP contribution in [0.15, 0.2) is 36.5 Å². The maximum absolute atomic E-state index is 10.3. The lowest BCUT2D eigenvalue weighted by Gasteiger charge is -1.97. The first-order valence-corrected chi connectivity index (χ1v) is 8.95. The highest BCUT2D eigenvalue weighted by atomic mass is 16.4. The number of carboxylic acid groups (broad SMARTS) is 1. The van der Waals surface area contributed by atoms with Crippen LogP contribution in [0.2, 0.25) is 0 Å². The molecule has 0 amide bonds. The maximum atomic E-state index is 10.3. The van der Waals surface area contributed by atoms with Crippen LogP contribution in [0, 0.1) is 0 Å². The lowest BCUT2D eigenvalue weighted by atomic mass is 10.1. The summed E-state index contributed by atoms with van der Waals surface area (Å²) in [7, 11) is 0. The molecular weight excluding hydrogens is 272 g/mol. The summed E-state index contributed by atoms with van der Waals surface area (Å²) in [4.78, 5) is 10.3. The molecule has 0 aromatic heterocycles. The van der Waals surface area contributed by atoms with Crippen LogP contribution in [-0.2, 0) is 4.79 Å². The van der Waals surface area contributed by atoms with Crippen LogP contribution in [0.5, 0.6) is 0 Å². The van der Waals surface area contributed by atoms with Crippen molar-refractivity contribution in [2.24, 2.45) is 0 Å². The molecule has 0 bridgehead atoms. The number of carboxylic acids is 1. The van der Waals surface area contributed by atoms with Crippen LogP contribution in [0.25, 0.3) is 0 Å². The number of carbonyl (C=O) groups is 1. The van der Waals surface area contributed by atoms with E-state index in [1.54, 1.807) is 0 Å². The Morgan fingerprint density at radius 3 is 2.18 bits per heavy atom. The van der Waals surface area contributed by atoms with Gasteiger partial charge in [0.2, 0.25) is 0 Å². The quantitative estimate of drug-likeness (QED) is 0.215. The van der Waals surface area contributed by atoms with Crippen molar-refractivity contribution in [3.63, 3.8) is 0 Å². The van der Waals surface area contributed by atoms with Crippen LogP contribution < -0.4 is 0 Å². The van der Waals surface area contributed by atoms with Crippen LogP contribution in [0.1, 0.15) is 84.0 Å². The molecule has 0 aliphatic heterocycles. The molecule has 0 aromatic carbocycles. The van der Waals surface area contributed by atoms with Gasteiger partial charge in [0.15, 0.2) is 0 Å². The minimum Gasteiger partial charge on any atom is -0.481 e. The van der Waals surface area contributed by atoms with Crippen molar-refractivity contribution in [3.8, 4) is 0 Å². The topological polar surface area (TPSA) is 37.3 Å². The van der Waals surface area contributed by atoms with Crippen LogP contribution in [0.3, 0.4) is 0 Å². The van der Waals surface area contributed by atoms with Crippen molar-refractivity contribution < 1.29 is 9.90 Å². The summed E-state index contributed by atoms with van der Waals surface area (Å²) in [6.45, 7) is 2.23. The van der Waals surface area contributed by atoms with E-state index in [9.17, 15) is 4.79 Å². The van der Waals surface area contributed by atoms with Crippen LogP contribution in [-0.4, -0.2) is 11.1 Å². The van der Waals surface area contributed by atoms with Gasteiger partial charge in [-0.3, -0.25) is 4.79 Å². The third-order valence-electron chi connectivity index (χ3n) is 3.56. The van der Waals surface area contributed by atoms with E-state index in [-0.39, 0.29) is 0 Å². The van der Waals surface area contributed by atoms with Gasteiger partial charge in [-0.15, -0.1) is 0 Å². The Morgan fingerprint density at radius 2 is 1.41 bits per heavy atom. The van der Waals surface area contributed by atoms with Gasteiger partial charge in [0.1, 0.15) is 0 Å². The Morgan fingerprint density at radius 1 is 0.773 bits per heavy atom. The van der Waals surface area contributed by atoms with Crippen molar-refractivity contribution >= 4 is 5.97 Å². The Labute approximate surface area is 137 Å². The first-order chi connectivity index (χ1) is 10.8. The number of unbranched alkanes of at least 4 members (excludes halogenated alkanes) is 8. The second kappa shape index (κ2) is 17.7. The van der Waals surface area contributed by atoms with Gasteiger partial charge in [0, 0.05) is 6.42 Å². The van der Waals surface area contributed by atoms with Gasteiger partial charge < -0.3 is 5.11 Å². The molecule has 1 N–H and O–H groups in total. The Hall–Kier alpha value is -1.31. The molecule has 0 spiro atoms. The molecule has 0 aliphatic carbocycles. The molecule has 22 heavy (non-hydrogen) atoms. The number of aliphatic carboxylic acids is 1. The molecule has 0 aliphatic rings. The van der Waals surface area contributed by atoms with Crippen LogP contribution >= 0.6 is 0 Å². The first kappa shape index (κ1) is 20.7. The minimum absolute atomic E-state index is 0.317. The van der Waals surface area contributed by atoms with Crippen molar-refractivity contribution in [2.75, 3.05) is 0 Å².